The summed E-state index contributed by atoms with van der Waals surface area (Å²) in [5.74, 6) is 1.79. The molecule has 2 aliphatic heterocycles. The number of rotatable bonds is 7. The molecule has 38 heavy (non-hydrogen) atoms. The molecule has 4 aromatic rings. The molecule has 9 nitrogen and oxygen atoms in total. The number of piperidine rings is 1. The Morgan fingerprint density at radius 2 is 1.97 bits per heavy atom. The molecule has 1 N–H and O–H groups in total. The molecule has 1 atom stereocenters. The Kier molecular flexibility index (Phi) is 7.23. The van der Waals surface area contributed by atoms with Gasteiger partial charge in [0.2, 0.25) is 0 Å². The summed E-state index contributed by atoms with van der Waals surface area (Å²) >= 11 is 0. The number of nitrogens with zero attached hydrogens (tertiary/aromatic N) is 7. The van der Waals surface area contributed by atoms with Crippen LogP contribution in [0.4, 0.5) is 0 Å². The molecule has 1 unspecified atom stereocenters. The quantitative estimate of drug-likeness (QED) is 0.387. The van der Waals surface area contributed by atoms with Gasteiger partial charge in [0.05, 0.1) is 11.7 Å². The van der Waals surface area contributed by atoms with Crippen LogP contribution >= 0.6 is 0 Å². The highest BCUT2D eigenvalue weighted by atomic mass is 16.5. The van der Waals surface area contributed by atoms with Crippen LogP contribution in [0.25, 0.3) is 28.2 Å². The standard InChI is InChI=1S/C29H37N7O2/c1-20(2)34-13-9-22(10-14-34)23-6-7-25-24(17-23)28(33-36(25)27-5-3-4-16-38-27)29-30-12-8-26(32-29)35-19-21(11-15-37)18-31-35/h6-8,12,17-20,22,27,37H,3-5,9-11,13-16H2,1-2H3. The Morgan fingerprint density at radius 3 is 2.74 bits per heavy atom. The van der Waals surface area contributed by atoms with Gasteiger partial charge in [-0.1, -0.05) is 6.07 Å². The first kappa shape index (κ1) is 25.2. The van der Waals surface area contributed by atoms with Crippen molar-refractivity contribution in [3.63, 3.8) is 0 Å². The molecule has 0 amide bonds. The van der Waals surface area contributed by atoms with Crippen molar-refractivity contribution in [3.8, 4) is 17.3 Å². The molecule has 200 valence electrons. The summed E-state index contributed by atoms with van der Waals surface area (Å²) in [6.07, 6.45) is 11.4. The van der Waals surface area contributed by atoms with E-state index in [1.807, 2.05) is 16.9 Å². The Morgan fingerprint density at radius 1 is 1.11 bits per heavy atom. The average Bonchev–Trinajstić information content (AvgIpc) is 3.59. The van der Waals surface area contributed by atoms with E-state index in [4.69, 9.17) is 14.8 Å². The van der Waals surface area contributed by atoms with E-state index in [0.717, 1.165) is 61.1 Å². The van der Waals surface area contributed by atoms with E-state index in [-0.39, 0.29) is 12.8 Å². The van der Waals surface area contributed by atoms with E-state index in [1.54, 1.807) is 17.1 Å². The minimum absolute atomic E-state index is 0.0736. The first-order chi connectivity index (χ1) is 18.6. The number of hydrogen-bond acceptors (Lipinski definition) is 7. The number of ether oxygens (including phenoxy) is 1. The van der Waals surface area contributed by atoms with E-state index >= 15 is 0 Å². The molecule has 2 saturated heterocycles. The Balaban J connectivity index is 1.39. The fourth-order valence-corrected chi connectivity index (χ4v) is 5.80. The smallest absolute Gasteiger partial charge is 0.182 e. The monoisotopic (exact) mass is 515 g/mol. The fraction of sp³-hybridized carbons (Fsp3) is 0.517. The molecule has 2 fully saturated rings. The number of hydrogen-bond donors (Lipinski definition) is 1. The van der Waals surface area contributed by atoms with E-state index in [0.29, 0.717) is 30.0 Å². The van der Waals surface area contributed by atoms with Crippen molar-refractivity contribution in [2.75, 3.05) is 26.3 Å². The van der Waals surface area contributed by atoms with Crippen molar-refractivity contribution in [3.05, 3.63) is 54.0 Å². The predicted octanol–water partition coefficient (Wildman–Crippen LogP) is 4.50. The van der Waals surface area contributed by atoms with E-state index < -0.39 is 0 Å². The maximum absolute atomic E-state index is 9.27. The van der Waals surface area contributed by atoms with Crippen molar-refractivity contribution in [1.29, 1.82) is 0 Å². The van der Waals surface area contributed by atoms with Crippen LogP contribution in [0.5, 0.6) is 0 Å². The van der Waals surface area contributed by atoms with Crippen molar-refractivity contribution >= 4 is 10.9 Å². The normalized spacial score (nSPS) is 19.5. The van der Waals surface area contributed by atoms with Crippen LogP contribution < -0.4 is 0 Å². The highest BCUT2D eigenvalue weighted by molar-refractivity contribution is 5.92. The van der Waals surface area contributed by atoms with Gasteiger partial charge in [-0.2, -0.15) is 10.2 Å². The zero-order chi connectivity index (χ0) is 26.1. The second-order valence-corrected chi connectivity index (χ2v) is 10.8. The predicted molar refractivity (Wildman–Crippen MR) is 146 cm³/mol. The molecule has 0 aliphatic carbocycles. The average molecular weight is 516 g/mol. The van der Waals surface area contributed by atoms with E-state index in [1.165, 1.54) is 18.4 Å². The molecule has 1 aromatic carbocycles. The SMILES string of the molecule is CC(C)N1CCC(c2ccc3c(c2)c(-c2nccc(-n4cc(CCO)cn4)n2)nn3C2CCCCO2)CC1. The highest BCUT2D eigenvalue weighted by Crippen LogP contribution is 2.36. The lowest BCUT2D eigenvalue weighted by atomic mass is 9.88. The number of aliphatic hydroxyl groups is 1. The summed E-state index contributed by atoms with van der Waals surface area (Å²) in [5.41, 5.74) is 4.17. The zero-order valence-corrected chi connectivity index (χ0v) is 22.3. The van der Waals surface area contributed by atoms with Gasteiger partial charge in [0.15, 0.2) is 17.9 Å². The molecule has 5 heterocycles. The van der Waals surface area contributed by atoms with Gasteiger partial charge in [0.1, 0.15) is 5.69 Å². The van der Waals surface area contributed by atoms with Gasteiger partial charge in [-0.3, -0.25) is 0 Å². The molecular formula is C29H37N7O2. The van der Waals surface area contributed by atoms with Gasteiger partial charge in [-0.15, -0.1) is 0 Å². The van der Waals surface area contributed by atoms with Crippen molar-refractivity contribution in [1.82, 2.24) is 34.4 Å². The lowest BCUT2D eigenvalue weighted by Crippen LogP contribution is -2.37. The molecular weight excluding hydrogens is 478 g/mol. The third kappa shape index (κ3) is 4.98. The van der Waals surface area contributed by atoms with Gasteiger partial charge in [0.25, 0.3) is 0 Å². The van der Waals surface area contributed by atoms with Crippen molar-refractivity contribution in [2.45, 2.75) is 70.6 Å². The van der Waals surface area contributed by atoms with Crippen LogP contribution in [0, 0.1) is 0 Å². The van der Waals surface area contributed by atoms with Gasteiger partial charge in [-0.05, 0) is 94.6 Å². The van der Waals surface area contributed by atoms with E-state index in [2.05, 4.69) is 47.0 Å². The maximum atomic E-state index is 9.27. The molecule has 0 radical (unpaired) electrons. The molecule has 6 rings (SSSR count). The molecule has 2 aliphatic rings. The summed E-state index contributed by atoms with van der Waals surface area (Å²) in [4.78, 5) is 12.1. The maximum Gasteiger partial charge on any atom is 0.182 e. The second kappa shape index (κ2) is 10.9. The first-order valence-electron chi connectivity index (χ1n) is 14.0. The number of fused-ring (bicyclic) bond motifs is 1. The largest absolute Gasteiger partial charge is 0.396 e. The number of aromatic nitrogens is 6. The Hall–Kier alpha value is -3.14. The third-order valence-electron chi connectivity index (χ3n) is 8.01. The van der Waals surface area contributed by atoms with Crippen molar-refractivity contribution in [2.24, 2.45) is 0 Å². The molecule has 9 heteroatoms. The summed E-state index contributed by atoms with van der Waals surface area (Å²) in [5, 5.41) is 19.9. The van der Waals surface area contributed by atoms with Crippen LogP contribution in [-0.2, 0) is 11.2 Å². The summed E-state index contributed by atoms with van der Waals surface area (Å²) in [6.45, 7) is 7.68. The van der Waals surface area contributed by atoms with Crippen LogP contribution in [0.1, 0.15) is 69.2 Å². The van der Waals surface area contributed by atoms with Gasteiger partial charge in [-0.25, -0.2) is 19.3 Å². The van der Waals surface area contributed by atoms with Gasteiger partial charge >= 0.3 is 0 Å². The Labute approximate surface area is 223 Å². The lowest BCUT2D eigenvalue weighted by molar-refractivity contribution is -0.0365. The van der Waals surface area contributed by atoms with Crippen LogP contribution in [-0.4, -0.2) is 71.9 Å². The summed E-state index contributed by atoms with van der Waals surface area (Å²) in [7, 11) is 0. The van der Waals surface area contributed by atoms with Crippen LogP contribution in [0.2, 0.25) is 0 Å². The zero-order valence-electron chi connectivity index (χ0n) is 22.3. The van der Waals surface area contributed by atoms with Crippen LogP contribution in [0.3, 0.4) is 0 Å². The number of likely N-dealkylation sites (tertiary alicyclic amines) is 1. The Bertz CT molecular complexity index is 1380. The molecule has 0 saturated carbocycles. The van der Waals surface area contributed by atoms with Crippen molar-refractivity contribution < 1.29 is 9.84 Å². The number of benzene rings is 1. The summed E-state index contributed by atoms with van der Waals surface area (Å²) in [6, 6.07) is 9.25. The highest BCUT2D eigenvalue weighted by Gasteiger charge is 2.26. The fourth-order valence-electron chi connectivity index (χ4n) is 5.80. The lowest BCUT2D eigenvalue weighted by Gasteiger charge is -2.34. The molecule has 0 bridgehead atoms. The number of aliphatic hydroxyl groups excluding tert-OH is 1. The third-order valence-corrected chi connectivity index (χ3v) is 8.01. The second-order valence-electron chi connectivity index (χ2n) is 10.8. The van der Waals surface area contributed by atoms with Gasteiger partial charge in [0, 0.05) is 43.1 Å². The van der Waals surface area contributed by atoms with E-state index in [9.17, 15) is 5.11 Å². The first-order valence-corrected chi connectivity index (χ1v) is 14.0. The molecule has 3 aromatic heterocycles. The van der Waals surface area contributed by atoms with Crippen LogP contribution in [0.15, 0.2) is 42.9 Å². The topological polar surface area (TPSA) is 94.1 Å². The minimum Gasteiger partial charge on any atom is -0.396 e. The summed E-state index contributed by atoms with van der Waals surface area (Å²) < 4.78 is 9.91. The van der Waals surface area contributed by atoms with Gasteiger partial charge < -0.3 is 14.7 Å². The molecule has 0 spiro atoms. The minimum atomic E-state index is -0.0736.